The standard InChI is InChI=1S/C12H21N/c1-11-6-5-7-12(11)10-13-8-3-2-4-9-13/h2-10H2,1H3. The van der Waals surface area contributed by atoms with Crippen molar-refractivity contribution in [2.45, 2.75) is 45.4 Å². The molecule has 13 heavy (non-hydrogen) atoms. The average molecular weight is 179 g/mol. The summed E-state index contributed by atoms with van der Waals surface area (Å²) in [5.41, 5.74) is 3.44. The van der Waals surface area contributed by atoms with Gasteiger partial charge < -0.3 is 0 Å². The zero-order chi connectivity index (χ0) is 9.10. The second kappa shape index (κ2) is 4.28. The molecule has 1 aliphatic carbocycles. The molecule has 0 unspecified atom stereocenters. The average Bonchev–Trinajstić information content (AvgIpc) is 2.54. The van der Waals surface area contributed by atoms with Crippen molar-refractivity contribution in [3.63, 3.8) is 0 Å². The van der Waals surface area contributed by atoms with Crippen LogP contribution in [0.25, 0.3) is 0 Å². The van der Waals surface area contributed by atoms with Crippen molar-refractivity contribution in [1.82, 2.24) is 4.90 Å². The minimum Gasteiger partial charge on any atom is -0.299 e. The molecule has 0 saturated carbocycles. The van der Waals surface area contributed by atoms with E-state index in [1.807, 2.05) is 0 Å². The van der Waals surface area contributed by atoms with Crippen molar-refractivity contribution >= 4 is 0 Å². The van der Waals surface area contributed by atoms with Gasteiger partial charge in [-0.3, -0.25) is 4.90 Å². The van der Waals surface area contributed by atoms with Gasteiger partial charge in [0, 0.05) is 6.54 Å². The van der Waals surface area contributed by atoms with Gasteiger partial charge in [0.15, 0.2) is 0 Å². The molecule has 2 aliphatic rings. The lowest BCUT2D eigenvalue weighted by atomic mass is 10.1. The van der Waals surface area contributed by atoms with Crippen molar-refractivity contribution in [2.24, 2.45) is 0 Å². The first-order valence-electron chi connectivity index (χ1n) is 5.76. The van der Waals surface area contributed by atoms with E-state index in [1.54, 1.807) is 11.1 Å². The molecule has 0 aromatic carbocycles. The summed E-state index contributed by atoms with van der Waals surface area (Å²) in [5.74, 6) is 0. The Hall–Kier alpha value is -0.300. The van der Waals surface area contributed by atoms with Crippen LogP contribution in [0.1, 0.15) is 45.4 Å². The predicted octanol–water partition coefficient (Wildman–Crippen LogP) is 2.97. The smallest absolute Gasteiger partial charge is 0.0195 e. The summed E-state index contributed by atoms with van der Waals surface area (Å²) in [6, 6.07) is 0. The number of nitrogens with zero attached hydrogens (tertiary/aromatic N) is 1. The molecule has 0 amide bonds. The van der Waals surface area contributed by atoms with Gasteiger partial charge in [-0.2, -0.15) is 0 Å². The molecule has 0 aromatic rings. The van der Waals surface area contributed by atoms with E-state index >= 15 is 0 Å². The van der Waals surface area contributed by atoms with Crippen LogP contribution < -0.4 is 0 Å². The molecule has 0 N–H and O–H groups in total. The van der Waals surface area contributed by atoms with Crippen LogP contribution in [0.4, 0.5) is 0 Å². The molecule has 1 heteroatoms. The minimum absolute atomic E-state index is 1.28. The van der Waals surface area contributed by atoms with Crippen LogP contribution >= 0.6 is 0 Å². The normalized spacial score (nSPS) is 25.6. The predicted molar refractivity (Wildman–Crippen MR) is 56.8 cm³/mol. The number of likely N-dealkylation sites (tertiary alicyclic amines) is 1. The largest absolute Gasteiger partial charge is 0.299 e. The Morgan fingerprint density at radius 2 is 1.77 bits per heavy atom. The molecule has 74 valence electrons. The van der Waals surface area contributed by atoms with Gasteiger partial charge in [0.05, 0.1) is 0 Å². The third-order valence-corrected chi connectivity index (χ3v) is 3.50. The van der Waals surface area contributed by atoms with Gasteiger partial charge in [-0.05, 0) is 52.1 Å². The van der Waals surface area contributed by atoms with Gasteiger partial charge in [0.25, 0.3) is 0 Å². The van der Waals surface area contributed by atoms with E-state index in [9.17, 15) is 0 Å². The maximum absolute atomic E-state index is 2.65. The summed E-state index contributed by atoms with van der Waals surface area (Å²) in [4.78, 5) is 2.65. The Labute approximate surface area is 81.8 Å². The molecule has 1 fully saturated rings. The number of piperidine rings is 1. The van der Waals surface area contributed by atoms with Crippen LogP contribution in [0.15, 0.2) is 11.1 Å². The molecular formula is C12H21N. The second-order valence-corrected chi connectivity index (χ2v) is 4.57. The summed E-state index contributed by atoms with van der Waals surface area (Å²) in [5, 5.41) is 0. The molecule has 2 rings (SSSR count). The van der Waals surface area contributed by atoms with Crippen LogP contribution in [0.5, 0.6) is 0 Å². The van der Waals surface area contributed by atoms with Gasteiger partial charge in [0.2, 0.25) is 0 Å². The van der Waals surface area contributed by atoms with Crippen molar-refractivity contribution in [1.29, 1.82) is 0 Å². The molecule has 1 saturated heterocycles. The topological polar surface area (TPSA) is 3.24 Å². The van der Waals surface area contributed by atoms with Gasteiger partial charge in [-0.1, -0.05) is 17.6 Å². The fraction of sp³-hybridized carbons (Fsp3) is 0.833. The van der Waals surface area contributed by atoms with Gasteiger partial charge in [-0.15, -0.1) is 0 Å². The Kier molecular flexibility index (Phi) is 3.05. The molecule has 0 radical (unpaired) electrons. The maximum atomic E-state index is 2.65. The number of rotatable bonds is 2. The Balaban J connectivity index is 1.85. The quantitative estimate of drug-likeness (QED) is 0.589. The monoisotopic (exact) mass is 179 g/mol. The first kappa shape index (κ1) is 9.26. The fourth-order valence-electron chi connectivity index (χ4n) is 2.56. The lowest BCUT2D eigenvalue weighted by Crippen LogP contribution is -2.31. The van der Waals surface area contributed by atoms with E-state index in [0.717, 1.165) is 0 Å². The van der Waals surface area contributed by atoms with Crippen molar-refractivity contribution < 1.29 is 0 Å². The molecule has 1 aliphatic heterocycles. The van der Waals surface area contributed by atoms with Gasteiger partial charge in [-0.25, -0.2) is 0 Å². The van der Waals surface area contributed by atoms with E-state index in [-0.39, 0.29) is 0 Å². The third kappa shape index (κ3) is 2.34. The van der Waals surface area contributed by atoms with Crippen LogP contribution in [0.3, 0.4) is 0 Å². The van der Waals surface area contributed by atoms with Crippen LogP contribution in [0.2, 0.25) is 0 Å². The van der Waals surface area contributed by atoms with E-state index in [2.05, 4.69) is 11.8 Å². The minimum atomic E-state index is 1.28. The summed E-state index contributed by atoms with van der Waals surface area (Å²) in [7, 11) is 0. The highest BCUT2D eigenvalue weighted by Gasteiger charge is 2.15. The van der Waals surface area contributed by atoms with E-state index in [4.69, 9.17) is 0 Å². The lowest BCUT2D eigenvalue weighted by Gasteiger charge is -2.27. The molecule has 1 heterocycles. The SMILES string of the molecule is CC1=C(CN2CCCCC2)CCC1. The molecule has 0 bridgehead atoms. The highest BCUT2D eigenvalue weighted by molar-refractivity contribution is 5.18. The molecule has 1 nitrogen and oxygen atoms in total. The number of allylic oxidation sites excluding steroid dienone is 1. The second-order valence-electron chi connectivity index (χ2n) is 4.57. The van der Waals surface area contributed by atoms with Crippen molar-refractivity contribution in [3.8, 4) is 0 Å². The molecule has 0 spiro atoms. The Morgan fingerprint density at radius 1 is 1.00 bits per heavy atom. The summed E-state index contributed by atoms with van der Waals surface area (Å²) < 4.78 is 0. The van der Waals surface area contributed by atoms with E-state index in [1.165, 1.54) is 58.2 Å². The van der Waals surface area contributed by atoms with Crippen molar-refractivity contribution in [3.05, 3.63) is 11.1 Å². The van der Waals surface area contributed by atoms with Crippen LogP contribution in [-0.4, -0.2) is 24.5 Å². The summed E-state index contributed by atoms with van der Waals surface area (Å²) in [6.07, 6.45) is 8.45. The maximum Gasteiger partial charge on any atom is 0.0195 e. The van der Waals surface area contributed by atoms with Gasteiger partial charge >= 0.3 is 0 Å². The number of hydrogen-bond donors (Lipinski definition) is 0. The summed E-state index contributed by atoms with van der Waals surface area (Å²) >= 11 is 0. The highest BCUT2D eigenvalue weighted by Crippen LogP contribution is 2.26. The Bertz CT molecular complexity index is 199. The third-order valence-electron chi connectivity index (χ3n) is 3.50. The highest BCUT2D eigenvalue weighted by atomic mass is 15.1. The molecule has 0 aromatic heterocycles. The zero-order valence-electron chi connectivity index (χ0n) is 8.81. The first-order valence-corrected chi connectivity index (χ1v) is 5.76. The zero-order valence-corrected chi connectivity index (χ0v) is 8.81. The summed E-state index contributed by atoms with van der Waals surface area (Å²) in [6.45, 7) is 6.30. The number of hydrogen-bond acceptors (Lipinski definition) is 1. The molecular weight excluding hydrogens is 158 g/mol. The Morgan fingerprint density at radius 3 is 2.38 bits per heavy atom. The van der Waals surface area contributed by atoms with Gasteiger partial charge in [0.1, 0.15) is 0 Å². The molecule has 0 atom stereocenters. The van der Waals surface area contributed by atoms with Crippen molar-refractivity contribution in [2.75, 3.05) is 19.6 Å². The van der Waals surface area contributed by atoms with E-state index < -0.39 is 0 Å². The fourth-order valence-corrected chi connectivity index (χ4v) is 2.56. The first-order chi connectivity index (χ1) is 6.36. The van der Waals surface area contributed by atoms with Crippen LogP contribution in [0, 0.1) is 0 Å². The van der Waals surface area contributed by atoms with E-state index in [0.29, 0.717) is 0 Å². The lowest BCUT2D eigenvalue weighted by molar-refractivity contribution is 0.245. The van der Waals surface area contributed by atoms with Crippen LogP contribution in [-0.2, 0) is 0 Å².